The second-order valence-electron chi connectivity index (χ2n) is 4.97. The summed E-state index contributed by atoms with van der Waals surface area (Å²) in [5.74, 6) is -0.00848. The van der Waals surface area contributed by atoms with E-state index in [1.165, 1.54) is 0 Å². The molecule has 0 amide bonds. The molecule has 4 heteroatoms. The number of carbonyl (C=O) groups is 1. The van der Waals surface area contributed by atoms with E-state index in [1.54, 1.807) is 24.3 Å². The Hall–Kier alpha value is -1.55. The predicted octanol–water partition coefficient (Wildman–Crippen LogP) is 2.01. The molecule has 18 heavy (non-hydrogen) atoms. The van der Waals surface area contributed by atoms with E-state index in [-0.39, 0.29) is 18.0 Å². The van der Waals surface area contributed by atoms with Gasteiger partial charge in [-0.1, -0.05) is 6.92 Å². The molecule has 0 fully saturated rings. The Morgan fingerprint density at radius 2 is 1.83 bits per heavy atom. The number of carbonyl (C=O) groups excluding carboxylic acids is 1. The quantitative estimate of drug-likeness (QED) is 0.641. The molecule has 0 spiro atoms. The van der Waals surface area contributed by atoms with Crippen molar-refractivity contribution in [1.29, 1.82) is 0 Å². The highest BCUT2D eigenvalue weighted by Gasteiger charge is 2.18. The Labute approximate surface area is 109 Å². The first-order valence-corrected chi connectivity index (χ1v) is 6.11. The average Bonchev–Trinajstić information content (AvgIpc) is 2.28. The molecular weight excluding hydrogens is 228 g/mol. The van der Waals surface area contributed by atoms with Gasteiger partial charge in [0, 0.05) is 18.2 Å². The molecule has 0 heterocycles. The predicted molar refractivity (Wildman–Crippen MR) is 73.4 cm³/mol. The number of esters is 1. The van der Waals surface area contributed by atoms with Gasteiger partial charge in [-0.05, 0) is 45.3 Å². The van der Waals surface area contributed by atoms with Crippen LogP contribution in [-0.2, 0) is 4.74 Å². The number of hydrogen-bond acceptors (Lipinski definition) is 4. The van der Waals surface area contributed by atoms with Crippen LogP contribution in [-0.4, -0.2) is 37.6 Å². The van der Waals surface area contributed by atoms with Crippen molar-refractivity contribution in [2.75, 3.05) is 26.4 Å². The van der Waals surface area contributed by atoms with E-state index in [4.69, 9.17) is 10.5 Å². The van der Waals surface area contributed by atoms with Crippen molar-refractivity contribution in [3.05, 3.63) is 29.8 Å². The minimum absolute atomic E-state index is 0.113. The number of nitrogens with two attached hydrogens (primary N) is 1. The Kier molecular flexibility index (Phi) is 5.16. The molecule has 0 saturated carbocycles. The molecule has 1 aromatic carbocycles. The van der Waals surface area contributed by atoms with Gasteiger partial charge in [-0.2, -0.15) is 0 Å². The fraction of sp³-hybridized carbons (Fsp3) is 0.500. The smallest absolute Gasteiger partial charge is 0.338 e. The largest absolute Gasteiger partial charge is 0.459 e. The second-order valence-corrected chi connectivity index (χ2v) is 4.97. The van der Waals surface area contributed by atoms with Gasteiger partial charge < -0.3 is 15.4 Å². The first-order valence-electron chi connectivity index (χ1n) is 6.11. The summed E-state index contributed by atoms with van der Waals surface area (Å²) in [5, 5.41) is 0. The number of anilines is 1. The molecular formula is C14H22N2O2. The molecule has 0 aliphatic rings. The lowest BCUT2D eigenvalue weighted by molar-refractivity contribution is 0.0187. The monoisotopic (exact) mass is 250 g/mol. The van der Waals surface area contributed by atoms with Crippen LogP contribution in [0.5, 0.6) is 0 Å². The number of nitrogen functional groups attached to an aromatic ring is 1. The molecule has 2 N–H and O–H groups in total. The minimum Gasteiger partial charge on any atom is -0.459 e. The van der Waals surface area contributed by atoms with Gasteiger partial charge in [0.2, 0.25) is 0 Å². The lowest BCUT2D eigenvalue weighted by Crippen LogP contribution is -2.30. The van der Waals surface area contributed by atoms with Gasteiger partial charge in [0.25, 0.3) is 0 Å². The van der Waals surface area contributed by atoms with Crippen LogP contribution in [0.25, 0.3) is 0 Å². The third kappa shape index (κ3) is 4.37. The maximum Gasteiger partial charge on any atom is 0.338 e. The number of ether oxygens (including phenoxy) is 1. The van der Waals surface area contributed by atoms with E-state index in [0.29, 0.717) is 11.3 Å². The normalized spacial score (nSPS) is 14.3. The Bertz CT molecular complexity index is 387. The molecule has 1 aromatic rings. The molecule has 2 unspecified atom stereocenters. The summed E-state index contributed by atoms with van der Waals surface area (Å²) in [6.45, 7) is 4.88. The third-order valence-electron chi connectivity index (χ3n) is 2.89. The van der Waals surface area contributed by atoms with Crippen molar-refractivity contribution in [3.8, 4) is 0 Å². The Balaban J connectivity index is 2.56. The third-order valence-corrected chi connectivity index (χ3v) is 2.89. The lowest BCUT2D eigenvalue weighted by atomic mass is 10.1. The van der Waals surface area contributed by atoms with Crippen LogP contribution in [0.3, 0.4) is 0 Å². The van der Waals surface area contributed by atoms with Gasteiger partial charge >= 0.3 is 5.97 Å². The highest BCUT2D eigenvalue weighted by atomic mass is 16.5. The van der Waals surface area contributed by atoms with Crippen molar-refractivity contribution in [2.24, 2.45) is 5.92 Å². The summed E-state index contributed by atoms with van der Waals surface area (Å²) in [6.07, 6.45) is -0.113. The molecule has 0 saturated heterocycles. The van der Waals surface area contributed by atoms with E-state index < -0.39 is 0 Å². The molecule has 1 rings (SSSR count). The van der Waals surface area contributed by atoms with Crippen molar-refractivity contribution < 1.29 is 9.53 Å². The Morgan fingerprint density at radius 3 is 2.33 bits per heavy atom. The van der Waals surface area contributed by atoms with Crippen LogP contribution in [0, 0.1) is 5.92 Å². The lowest BCUT2D eigenvalue weighted by Gasteiger charge is -2.23. The van der Waals surface area contributed by atoms with Gasteiger partial charge in [0.15, 0.2) is 0 Å². The first-order chi connectivity index (χ1) is 8.40. The Morgan fingerprint density at radius 1 is 1.28 bits per heavy atom. The van der Waals surface area contributed by atoms with Gasteiger partial charge in [0.05, 0.1) is 5.56 Å². The van der Waals surface area contributed by atoms with E-state index in [1.807, 2.05) is 21.0 Å². The summed E-state index contributed by atoms with van der Waals surface area (Å²) >= 11 is 0. The van der Waals surface area contributed by atoms with Gasteiger partial charge in [-0.3, -0.25) is 0 Å². The fourth-order valence-corrected chi connectivity index (χ4v) is 1.70. The summed E-state index contributed by atoms with van der Waals surface area (Å²) in [4.78, 5) is 14.0. The standard InChI is InChI=1S/C14H22N2O2/c1-10(9-16(3)4)11(2)18-14(17)12-5-7-13(15)8-6-12/h5-8,10-11H,9,15H2,1-4H3. The molecule has 0 bridgehead atoms. The number of rotatable bonds is 5. The van der Waals surface area contributed by atoms with Crippen LogP contribution in [0.4, 0.5) is 5.69 Å². The first kappa shape index (κ1) is 14.5. The van der Waals surface area contributed by atoms with E-state index in [0.717, 1.165) is 6.54 Å². The molecule has 100 valence electrons. The van der Waals surface area contributed by atoms with Crippen molar-refractivity contribution >= 4 is 11.7 Å². The summed E-state index contributed by atoms with van der Waals surface area (Å²) < 4.78 is 5.43. The maximum atomic E-state index is 11.9. The van der Waals surface area contributed by atoms with Crippen molar-refractivity contribution in [3.63, 3.8) is 0 Å². The topological polar surface area (TPSA) is 55.6 Å². The van der Waals surface area contributed by atoms with Crippen molar-refractivity contribution in [1.82, 2.24) is 4.90 Å². The van der Waals surface area contributed by atoms with E-state index >= 15 is 0 Å². The zero-order valence-corrected chi connectivity index (χ0v) is 11.5. The van der Waals surface area contributed by atoms with Gasteiger partial charge in [0.1, 0.15) is 6.10 Å². The molecule has 0 aliphatic carbocycles. The fourth-order valence-electron chi connectivity index (χ4n) is 1.70. The summed E-state index contributed by atoms with van der Waals surface area (Å²) in [7, 11) is 4.01. The molecule has 4 nitrogen and oxygen atoms in total. The zero-order valence-electron chi connectivity index (χ0n) is 11.5. The van der Waals surface area contributed by atoms with Gasteiger partial charge in [-0.15, -0.1) is 0 Å². The highest BCUT2D eigenvalue weighted by Crippen LogP contribution is 2.12. The van der Waals surface area contributed by atoms with Crippen LogP contribution in [0.15, 0.2) is 24.3 Å². The van der Waals surface area contributed by atoms with E-state index in [9.17, 15) is 4.79 Å². The summed E-state index contributed by atoms with van der Waals surface area (Å²) in [6, 6.07) is 6.76. The van der Waals surface area contributed by atoms with Crippen molar-refractivity contribution in [2.45, 2.75) is 20.0 Å². The van der Waals surface area contributed by atoms with Gasteiger partial charge in [-0.25, -0.2) is 4.79 Å². The number of benzene rings is 1. The zero-order chi connectivity index (χ0) is 13.7. The second kappa shape index (κ2) is 6.40. The SMILES string of the molecule is CC(CN(C)C)C(C)OC(=O)c1ccc(N)cc1. The van der Waals surface area contributed by atoms with Crippen LogP contribution in [0.2, 0.25) is 0 Å². The van der Waals surface area contributed by atoms with E-state index in [2.05, 4.69) is 11.8 Å². The molecule has 0 radical (unpaired) electrons. The maximum absolute atomic E-state index is 11.9. The molecule has 0 aromatic heterocycles. The highest BCUT2D eigenvalue weighted by molar-refractivity contribution is 5.89. The molecule has 0 aliphatic heterocycles. The van der Waals surface area contributed by atoms with Crippen LogP contribution in [0.1, 0.15) is 24.2 Å². The molecule has 2 atom stereocenters. The number of nitrogens with zero attached hydrogens (tertiary/aromatic N) is 1. The average molecular weight is 250 g/mol. The number of hydrogen-bond donors (Lipinski definition) is 1. The summed E-state index contributed by atoms with van der Waals surface area (Å²) in [5.41, 5.74) is 6.75. The van der Waals surface area contributed by atoms with Crippen LogP contribution < -0.4 is 5.73 Å². The minimum atomic E-state index is -0.298. The van der Waals surface area contributed by atoms with Crippen LogP contribution >= 0.6 is 0 Å².